The summed E-state index contributed by atoms with van der Waals surface area (Å²) in [5, 5.41) is 0.433. The van der Waals surface area contributed by atoms with Crippen LogP contribution in [0.3, 0.4) is 0 Å². The summed E-state index contributed by atoms with van der Waals surface area (Å²) in [7, 11) is -8.28. The topological polar surface area (TPSA) is 61.2 Å². The van der Waals surface area contributed by atoms with Crippen LogP contribution in [0.2, 0.25) is 0 Å². The molecule has 0 N–H and O–H groups in total. The molecule has 0 unspecified atom stereocenters. The van der Waals surface area contributed by atoms with E-state index in [0.717, 1.165) is 37.8 Å². The largest absolute Gasteiger partial charge is 0.462 e. The standard InChI is InChI=1S/C21H25F5N2O3S2/c1-15(2)20(30)31-12-6-4-5-7-13-32-21-27-14-18(19(29)28(21)3)16-8-10-17(11-9-16)33(22,23,24,25)26/h8-11,14H,1,4-7,12-13H2,2-3H3. The third kappa shape index (κ3) is 7.88. The normalized spacial score (nSPS) is 13.8. The van der Waals surface area contributed by atoms with Crippen molar-refractivity contribution in [1.29, 1.82) is 0 Å². The van der Waals surface area contributed by atoms with Crippen molar-refractivity contribution in [1.82, 2.24) is 9.55 Å². The molecule has 2 aromatic rings. The third-order valence-corrected chi connectivity index (χ3v) is 6.88. The Hall–Kier alpha value is -2.34. The molecule has 0 fully saturated rings. The number of carbonyl (C=O) groups excluding carboxylic acids is 1. The average molecular weight is 513 g/mol. The summed E-state index contributed by atoms with van der Waals surface area (Å²) in [5.41, 5.74) is -0.0547. The molecule has 0 atom stereocenters. The molecule has 2 rings (SSSR count). The van der Waals surface area contributed by atoms with Crippen LogP contribution in [0.1, 0.15) is 32.6 Å². The summed E-state index contributed by atoms with van der Waals surface area (Å²) in [5.74, 6) is 0.278. The van der Waals surface area contributed by atoms with Gasteiger partial charge in [0.1, 0.15) is 4.90 Å². The number of hydrogen-bond acceptors (Lipinski definition) is 5. The Morgan fingerprint density at radius 3 is 2.27 bits per heavy atom. The smallest absolute Gasteiger partial charge is 0.333 e. The van der Waals surface area contributed by atoms with Gasteiger partial charge in [0.05, 0.1) is 12.2 Å². The number of carbonyl (C=O) groups is 1. The molecule has 5 nitrogen and oxygen atoms in total. The van der Waals surface area contributed by atoms with Crippen molar-refractivity contribution >= 4 is 28.0 Å². The fraction of sp³-hybridized carbons (Fsp3) is 0.381. The predicted molar refractivity (Wildman–Crippen MR) is 121 cm³/mol. The third-order valence-electron chi connectivity index (χ3n) is 4.59. The molecule has 0 aliphatic heterocycles. The average Bonchev–Trinajstić information content (AvgIpc) is 2.71. The van der Waals surface area contributed by atoms with E-state index in [1.54, 1.807) is 6.92 Å². The SMILES string of the molecule is C=C(C)C(=O)OCCCCCCSc1ncc(-c2ccc(S(F)(F)(F)(F)F)cc2)c(=O)n1C. The Kier molecular flexibility index (Phi) is 7.74. The zero-order chi connectivity index (χ0) is 24.9. The first-order valence-electron chi connectivity index (χ1n) is 9.96. The second-order valence-electron chi connectivity index (χ2n) is 7.49. The van der Waals surface area contributed by atoms with E-state index in [-0.39, 0.29) is 23.3 Å². The summed E-state index contributed by atoms with van der Waals surface area (Å²) >= 11 is 1.35. The number of thioether (sulfide) groups is 1. The van der Waals surface area contributed by atoms with Crippen molar-refractivity contribution < 1.29 is 29.0 Å². The maximum absolute atomic E-state index is 12.9. The summed E-state index contributed by atoms with van der Waals surface area (Å²) < 4.78 is 70.6. The van der Waals surface area contributed by atoms with Gasteiger partial charge in [0.2, 0.25) is 0 Å². The van der Waals surface area contributed by atoms with Crippen molar-refractivity contribution in [2.75, 3.05) is 12.4 Å². The molecule has 0 saturated heterocycles. The molecule has 1 aromatic heterocycles. The lowest BCUT2D eigenvalue weighted by molar-refractivity contribution is -0.139. The minimum absolute atomic E-state index is 0.0138. The molecule has 0 saturated carbocycles. The van der Waals surface area contributed by atoms with Gasteiger partial charge in [0.25, 0.3) is 5.56 Å². The molecule has 0 spiro atoms. The van der Waals surface area contributed by atoms with Gasteiger partial charge >= 0.3 is 16.2 Å². The van der Waals surface area contributed by atoms with Crippen LogP contribution >= 0.6 is 22.0 Å². The number of halogens is 5. The maximum atomic E-state index is 12.9. The van der Waals surface area contributed by atoms with Gasteiger partial charge in [-0.2, -0.15) is 0 Å². The number of nitrogens with zero attached hydrogens (tertiary/aromatic N) is 2. The Labute approximate surface area is 192 Å². The molecule has 1 heterocycles. The first-order valence-corrected chi connectivity index (χ1v) is 12.9. The van der Waals surface area contributed by atoms with E-state index in [9.17, 15) is 29.0 Å². The van der Waals surface area contributed by atoms with E-state index in [4.69, 9.17) is 4.74 Å². The van der Waals surface area contributed by atoms with Gasteiger partial charge < -0.3 is 4.74 Å². The number of esters is 1. The highest BCUT2D eigenvalue weighted by atomic mass is 32.5. The Morgan fingerprint density at radius 1 is 1.09 bits per heavy atom. The quantitative estimate of drug-likeness (QED) is 0.0821. The molecule has 33 heavy (non-hydrogen) atoms. The van der Waals surface area contributed by atoms with Crippen LogP contribution in [-0.2, 0) is 16.6 Å². The van der Waals surface area contributed by atoms with Crippen LogP contribution in [0.25, 0.3) is 11.1 Å². The van der Waals surface area contributed by atoms with Gasteiger partial charge in [0, 0.05) is 24.6 Å². The van der Waals surface area contributed by atoms with Gasteiger partial charge in [-0.15, -0.1) is 0 Å². The predicted octanol–water partition coefficient (Wildman–Crippen LogP) is 6.88. The molecule has 184 valence electrons. The van der Waals surface area contributed by atoms with Crippen molar-refractivity contribution in [3.05, 3.63) is 53.0 Å². The molecular weight excluding hydrogens is 487 g/mol. The number of benzene rings is 1. The van der Waals surface area contributed by atoms with E-state index in [2.05, 4.69) is 11.6 Å². The maximum Gasteiger partial charge on any atom is 0.333 e. The highest BCUT2D eigenvalue weighted by Gasteiger charge is 2.65. The number of unbranched alkanes of at least 4 members (excludes halogenated alkanes) is 3. The van der Waals surface area contributed by atoms with Crippen molar-refractivity contribution in [3.8, 4) is 11.1 Å². The number of aromatic nitrogens is 2. The van der Waals surface area contributed by atoms with E-state index >= 15 is 0 Å². The zero-order valence-electron chi connectivity index (χ0n) is 18.2. The molecule has 0 amide bonds. The van der Waals surface area contributed by atoms with Gasteiger partial charge in [-0.1, -0.05) is 62.7 Å². The Bertz CT molecular complexity index is 1090. The van der Waals surface area contributed by atoms with Crippen LogP contribution < -0.4 is 5.56 Å². The monoisotopic (exact) mass is 512 g/mol. The molecule has 1 aromatic carbocycles. The Morgan fingerprint density at radius 2 is 1.70 bits per heavy atom. The van der Waals surface area contributed by atoms with Crippen LogP contribution in [-0.4, -0.2) is 27.9 Å². The minimum atomic E-state index is -9.77. The second kappa shape index (κ2) is 9.49. The van der Waals surface area contributed by atoms with E-state index in [1.807, 2.05) is 0 Å². The highest BCUT2D eigenvalue weighted by Crippen LogP contribution is 3.02. The lowest BCUT2D eigenvalue weighted by atomic mass is 10.1. The molecule has 0 aliphatic rings. The molecule has 12 heteroatoms. The van der Waals surface area contributed by atoms with Gasteiger partial charge in [-0.3, -0.25) is 9.36 Å². The van der Waals surface area contributed by atoms with Crippen LogP contribution in [0, 0.1) is 0 Å². The van der Waals surface area contributed by atoms with Gasteiger partial charge in [-0.25, -0.2) is 9.78 Å². The molecule has 0 bridgehead atoms. The first kappa shape index (κ1) is 26.9. The summed E-state index contributed by atoms with van der Waals surface area (Å²) in [6.07, 6.45) is 4.56. The van der Waals surface area contributed by atoms with Crippen LogP contribution in [0.5, 0.6) is 0 Å². The Balaban J connectivity index is 1.91. The fourth-order valence-electron chi connectivity index (χ4n) is 2.76. The second-order valence-corrected chi connectivity index (χ2v) is 11.0. The highest BCUT2D eigenvalue weighted by molar-refractivity contribution is 8.45. The lowest BCUT2D eigenvalue weighted by Crippen LogP contribution is -2.21. The van der Waals surface area contributed by atoms with Crippen molar-refractivity contribution in [3.63, 3.8) is 0 Å². The van der Waals surface area contributed by atoms with Gasteiger partial charge in [-0.05, 0) is 37.5 Å². The van der Waals surface area contributed by atoms with Gasteiger partial charge in [0.15, 0.2) is 5.16 Å². The van der Waals surface area contributed by atoms with E-state index in [0.29, 0.717) is 23.1 Å². The lowest BCUT2D eigenvalue weighted by Gasteiger charge is -2.40. The molecular formula is C21H25F5N2O3S2. The molecule has 0 aliphatic carbocycles. The summed E-state index contributed by atoms with van der Waals surface area (Å²) in [4.78, 5) is 26.0. The number of hydrogen-bond donors (Lipinski definition) is 0. The summed E-state index contributed by atoms with van der Waals surface area (Å²) in [6.45, 7) is 5.42. The van der Waals surface area contributed by atoms with E-state index < -0.39 is 26.6 Å². The van der Waals surface area contributed by atoms with Crippen LogP contribution in [0.4, 0.5) is 19.4 Å². The van der Waals surface area contributed by atoms with Crippen LogP contribution in [0.15, 0.2) is 57.5 Å². The minimum Gasteiger partial charge on any atom is -0.462 e. The zero-order valence-corrected chi connectivity index (χ0v) is 19.8. The van der Waals surface area contributed by atoms with Crippen molar-refractivity contribution in [2.24, 2.45) is 7.05 Å². The van der Waals surface area contributed by atoms with E-state index in [1.165, 1.54) is 29.6 Å². The summed E-state index contributed by atoms with van der Waals surface area (Å²) in [6, 6.07) is 2.23. The number of rotatable bonds is 11. The first-order chi connectivity index (χ1) is 15.1. The number of ether oxygens (including phenoxy) is 1. The van der Waals surface area contributed by atoms with Crippen molar-refractivity contribution in [2.45, 2.75) is 42.7 Å². The molecule has 0 radical (unpaired) electrons. The fourth-order valence-corrected chi connectivity index (χ4v) is 4.35.